The molecule has 2 unspecified atom stereocenters. The van der Waals surface area contributed by atoms with Gasteiger partial charge in [-0.25, -0.2) is 0 Å². The molecule has 1 aliphatic rings. The van der Waals surface area contributed by atoms with E-state index in [1.54, 1.807) is 0 Å². The molecule has 0 spiro atoms. The molecule has 174 valence electrons. The Morgan fingerprint density at radius 3 is 2.76 bits per heavy atom. The minimum atomic E-state index is -0.718. The van der Waals surface area contributed by atoms with Gasteiger partial charge in [0.25, 0.3) is 0 Å². The van der Waals surface area contributed by atoms with Gasteiger partial charge < -0.3 is 4.74 Å². The van der Waals surface area contributed by atoms with Crippen molar-refractivity contribution < 1.29 is 9.53 Å². The van der Waals surface area contributed by atoms with Gasteiger partial charge in [0, 0.05) is 12.7 Å². The molecule has 0 fully saturated rings. The maximum absolute atomic E-state index is 13.3. The maximum Gasteiger partial charge on any atom is 0.312 e. The molecule has 0 saturated heterocycles. The number of rotatable bonds is 9. The molecule has 6 heteroatoms. The van der Waals surface area contributed by atoms with E-state index in [2.05, 4.69) is 28.5 Å². The van der Waals surface area contributed by atoms with Crippen molar-refractivity contribution in [2.75, 3.05) is 0 Å². The largest absolute Gasteiger partial charge is 0.460 e. The number of aryl methyl sites for hydroxylation is 3. The zero-order valence-corrected chi connectivity index (χ0v) is 20.4. The molecule has 5 nitrogen and oxygen atoms in total. The molecule has 0 bridgehead atoms. The fourth-order valence-corrected chi connectivity index (χ4v) is 4.99. The third kappa shape index (κ3) is 5.30. The summed E-state index contributed by atoms with van der Waals surface area (Å²) in [6.45, 7) is 7.07. The maximum atomic E-state index is 13.3. The number of carbonyl (C=O) groups excluding carboxylic acids is 1. The van der Waals surface area contributed by atoms with Crippen LogP contribution in [-0.2, 0) is 35.5 Å². The molecule has 1 aliphatic carbocycles. The lowest BCUT2D eigenvalue weighted by Crippen LogP contribution is -2.34. The van der Waals surface area contributed by atoms with Crippen LogP contribution in [0.1, 0.15) is 72.9 Å². The molecule has 0 radical (unpaired) electrons. The van der Waals surface area contributed by atoms with Gasteiger partial charge in [0.2, 0.25) is 0 Å². The quantitative estimate of drug-likeness (QED) is 0.287. The Morgan fingerprint density at radius 2 is 2.03 bits per heavy atom. The number of nitrogens with zero attached hydrogens (tertiary/aromatic N) is 3. The SMILES string of the molecule is CCn1cc(CCC(c2ccc3c(c2)C(Cl)CC3)C(C)(C)C(=O)OCc2ccccc2)nn1. The number of alkyl halides is 1. The monoisotopic (exact) mass is 465 g/mol. The van der Waals surface area contributed by atoms with E-state index in [-0.39, 0.29) is 23.9 Å². The number of ether oxygens (including phenoxy) is 1. The zero-order valence-electron chi connectivity index (χ0n) is 19.6. The molecular formula is C27H32ClN3O2. The lowest BCUT2D eigenvalue weighted by atomic mass is 9.72. The fraction of sp³-hybridized carbons (Fsp3) is 0.444. The van der Waals surface area contributed by atoms with Crippen molar-refractivity contribution in [2.24, 2.45) is 5.41 Å². The van der Waals surface area contributed by atoms with Crippen LogP contribution in [0.5, 0.6) is 0 Å². The smallest absolute Gasteiger partial charge is 0.312 e. The van der Waals surface area contributed by atoms with Crippen LogP contribution in [0.15, 0.2) is 54.7 Å². The van der Waals surface area contributed by atoms with E-state index < -0.39 is 5.41 Å². The van der Waals surface area contributed by atoms with Crippen molar-refractivity contribution in [1.29, 1.82) is 0 Å². The number of aromatic nitrogens is 3. The first-order valence-electron chi connectivity index (χ1n) is 11.8. The lowest BCUT2D eigenvalue weighted by Gasteiger charge is -2.33. The van der Waals surface area contributed by atoms with Gasteiger partial charge in [0.1, 0.15) is 6.61 Å². The van der Waals surface area contributed by atoms with Gasteiger partial charge >= 0.3 is 5.97 Å². The lowest BCUT2D eigenvalue weighted by molar-refractivity contribution is -0.156. The molecule has 33 heavy (non-hydrogen) atoms. The topological polar surface area (TPSA) is 57.0 Å². The number of hydrogen-bond acceptors (Lipinski definition) is 4. The summed E-state index contributed by atoms with van der Waals surface area (Å²) in [5.41, 5.74) is 4.84. The van der Waals surface area contributed by atoms with Gasteiger partial charge in [-0.1, -0.05) is 53.7 Å². The molecule has 0 aliphatic heterocycles. The van der Waals surface area contributed by atoms with E-state index >= 15 is 0 Å². The molecule has 3 aromatic rings. The predicted octanol–water partition coefficient (Wildman–Crippen LogP) is 6.01. The minimum absolute atomic E-state index is 0.0395. The average molecular weight is 466 g/mol. The summed E-state index contributed by atoms with van der Waals surface area (Å²) in [6, 6.07) is 16.3. The van der Waals surface area contributed by atoms with Crippen LogP contribution in [0.2, 0.25) is 0 Å². The average Bonchev–Trinajstić information content (AvgIpc) is 3.44. The number of halogens is 1. The van der Waals surface area contributed by atoms with Gasteiger partial charge in [-0.05, 0) is 74.6 Å². The summed E-state index contributed by atoms with van der Waals surface area (Å²) in [7, 11) is 0. The van der Waals surface area contributed by atoms with Crippen LogP contribution in [-0.4, -0.2) is 21.0 Å². The van der Waals surface area contributed by atoms with Crippen molar-refractivity contribution in [3.8, 4) is 0 Å². The van der Waals surface area contributed by atoms with E-state index in [1.807, 2.05) is 62.0 Å². The summed E-state index contributed by atoms with van der Waals surface area (Å²) in [6.07, 6.45) is 5.46. The number of benzene rings is 2. The number of fused-ring (bicyclic) bond motifs is 1. The van der Waals surface area contributed by atoms with Crippen LogP contribution >= 0.6 is 11.6 Å². The number of hydrogen-bond donors (Lipinski definition) is 0. The highest BCUT2D eigenvalue weighted by Crippen LogP contribution is 2.44. The first kappa shape index (κ1) is 23.5. The summed E-state index contributed by atoms with van der Waals surface area (Å²) in [5.74, 6) is -0.237. The van der Waals surface area contributed by atoms with Gasteiger partial charge in [-0.3, -0.25) is 9.48 Å². The molecule has 1 heterocycles. The molecule has 2 aromatic carbocycles. The van der Waals surface area contributed by atoms with Crippen molar-refractivity contribution in [3.63, 3.8) is 0 Å². The highest BCUT2D eigenvalue weighted by atomic mass is 35.5. The molecule has 0 N–H and O–H groups in total. The second-order valence-corrected chi connectivity index (χ2v) is 9.93. The van der Waals surface area contributed by atoms with E-state index in [1.165, 1.54) is 11.1 Å². The summed E-state index contributed by atoms with van der Waals surface area (Å²) >= 11 is 6.59. The Hall–Kier alpha value is -2.66. The van der Waals surface area contributed by atoms with E-state index in [0.29, 0.717) is 0 Å². The first-order valence-corrected chi connectivity index (χ1v) is 12.2. The normalized spacial score (nSPS) is 16.4. The van der Waals surface area contributed by atoms with Crippen LogP contribution < -0.4 is 0 Å². The van der Waals surface area contributed by atoms with E-state index in [4.69, 9.17) is 16.3 Å². The van der Waals surface area contributed by atoms with Crippen molar-refractivity contribution in [2.45, 2.75) is 70.9 Å². The van der Waals surface area contributed by atoms with Crippen LogP contribution in [0, 0.1) is 5.41 Å². The van der Waals surface area contributed by atoms with Crippen LogP contribution in [0.4, 0.5) is 0 Å². The standard InChI is InChI=1S/C27H32ClN3O2/c1-4-31-17-22(29-30-31)13-14-24(21-11-10-20-12-15-25(28)23(20)16-21)27(2,3)26(32)33-18-19-8-6-5-7-9-19/h5-11,16-17,24-25H,4,12-15,18H2,1-3H3. The van der Waals surface area contributed by atoms with Gasteiger partial charge in [-0.15, -0.1) is 16.7 Å². The molecule has 0 amide bonds. The summed E-state index contributed by atoms with van der Waals surface area (Å²) in [5, 5.41) is 8.50. The number of esters is 1. The Labute approximate surface area is 201 Å². The van der Waals surface area contributed by atoms with E-state index in [0.717, 1.165) is 49.0 Å². The molecular weight excluding hydrogens is 434 g/mol. The molecule has 4 rings (SSSR count). The highest BCUT2D eigenvalue weighted by Gasteiger charge is 2.39. The summed E-state index contributed by atoms with van der Waals surface area (Å²) < 4.78 is 7.62. The first-order chi connectivity index (χ1) is 15.9. The third-order valence-electron chi connectivity index (χ3n) is 6.79. The second kappa shape index (κ2) is 10.1. The van der Waals surface area contributed by atoms with Gasteiger partial charge in [-0.2, -0.15) is 0 Å². The molecule has 2 atom stereocenters. The van der Waals surface area contributed by atoms with Gasteiger partial charge in [0.05, 0.1) is 16.5 Å². The second-order valence-electron chi connectivity index (χ2n) is 9.40. The Bertz CT molecular complexity index is 1090. The van der Waals surface area contributed by atoms with Crippen molar-refractivity contribution >= 4 is 17.6 Å². The van der Waals surface area contributed by atoms with Crippen LogP contribution in [0.3, 0.4) is 0 Å². The Balaban J connectivity index is 1.57. The molecule has 1 aromatic heterocycles. The molecule has 0 saturated carbocycles. The van der Waals surface area contributed by atoms with Crippen molar-refractivity contribution in [3.05, 3.63) is 82.7 Å². The van der Waals surface area contributed by atoms with Gasteiger partial charge in [0.15, 0.2) is 0 Å². The van der Waals surface area contributed by atoms with Crippen LogP contribution in [0.25, 0.3) is 0 Å². The van der Waals surface area contributed by atoms with Crippen molar-refractivity contribution in [1.82, 2.24) is 15.0 Å². The Kier molecular flexibility index (Phi) is 7.18. The Morgan fingerprint density at radius 1 is 1.24 bits per heavy atom. The third-order valence-corrected chi connectivity index (χ3v) is 7.24. The minimum Gasteiger partial charge on any atom is -0.460 e. The highest BCUT2D eigenvalue weighted by molar-refractivity contribution is 6.21. The zero-order chi connectivity index (χ0) is 23.4. The fourth-order valence-electron chi connectivity index (χ4n) is 4.68. The van der Waals surface area contributed by atoms with E-state index in [9.17, 15) is 4.79 Å². The predicted molar refractivity (Wildman–Crippen MR) is 130 cm³/mol. The number of carbonyl (C=O) groups is 1. The summed E-state index contributed by atoms with van der Waals surface area (Å²) in [4.78, 5) is 13.3.